The number of rotatable bonds is 4. The zero-order valence-electron chi connectivity index (χ0n) is 11.1. The zero-order chi connectivity index (χ0) is 13.9. The van der Waals surface area contributed by atoms with Crippen LogP contribution in [0.25, 0.3) is 5.65 Å². The summed E-state index contributed by atoms with van der Waals surface area (Å²) in [5.74, 6) is 1.26. The number of fused-ring (bicyclic) bond motifs is 1. The molecule has 0 fully saturated rings. The second kappa shape index (κ2) is 5.63. The number of aromatic nitrogens is 3. The van der Waals surface area contributed by atoms with Crippen molar-refractivity contribution in [1.29, 1.82) is 0 Å². The number of nitrogens with zero attached hydrogens (tertiary/aromatic N) is 3. The predicted octanol–water partition coefficient (Wildman–Crippen LogP) is 4.24. The summed E-state index contributed by atoms with van der Waals surface area (Å²) in [6, 6.07) is 8.10. The van der Waals surface area contributed by atoms with Crippen LogP contribution < -0.4 is 4.74 Å². The maximum Gasteiger partial charge on any atom is 0.264 e. The van der Waals surface area contributed by atoms with Crippen LogP contribution in [0.15, 0.2) is 47.5 Å². The van der Waals surface area contributed by atoms with Crippen LogP contribution in [-0.4, -0.2) is 14.4 Å². The van der Waals surface area contributed by atoms with Gasteiger partial charge in [0.1, 0.15) is 10.4 Å². The smallest absolute Gasteiger partial charge is 0.264 e. The molecule has 1 aromatic carbocycles. The van der Waals surface area contributed by atoms with Crippen LogP contribution in [0.2, 0.25) is 0 Å². The molecule has 3 rings (SSSR count). The number of benzene rings is 1. The summed E-state index contributed by atoms with van der Waals surface area (Å²) in [5.41, 5.74) is 2.01. The van der Waals surface area contributed by atoms with E-state index in [1.165, 1.54) is 5.56 Å². The Morgan fingerprint density at radius 1 is 1.25 bits per heavy atom. The van der Waals surface area contributed by atoms with Crippen molar-refractivity contribution in [3.63, 3.8) is 0 Å². The fourth-order valence-corrected chi connectivity index (χ4v) is 2.45. The SMILES string of the molecule is CCCc1ccc(Oc2nc(Br)cn3ccnc23)cc1. The Morgan fingerprint density at radius 3 is 2.80 bits per heavy atom. The van der Waals surface area contributed by atoms with Gasteiger partial charge in [0.25, 0.3) is 5.88 Å². The fraction of sp³-hybridized carbons (Fsp3) is 0.200. The molecule has 0 spiro atoms. The van der Waals surface area contributed by atoms with E-state index in [2.05, 4.69) is 45.0 Å². The molecule has 0 radical (unpaired) electrons. The molecule has 4 nitrogen and oxygen atoms in total. The molecule has 0 aliphatic heterocycles. The third-order valence-electron chi connectivity index (χ3n) is 2.99. The molecule has 0 aliphatic rings. The Balaban J connectivity index is 1.90. The molecule has 0 saturated carbocycles. The maximum absolute atomic E-state index is 5.84. The third kappa shape index (κ3) is 2.67. The number of halogens is 1. The number of aryl methyl sites for hydroxylation is 1. The van der Waals surface area contributed by atoms with Gasteiger partial charge < -0.3 is 4.74 Å². The lowest BCUT2D eigenvalue weighted by Crippen LogP contribution is -1.95. The van der Waals surface area contributed by atoms with Crippen molar-refractivity contribution in [2.45, 2.75) is 19.8 Å². The van der Waals surface area contributed by atoms with E-state index in [1.54, 1.807) is 6.20 Å². The molecular formula is C15H14BrN3O. The van der Waals surface area contributed by atoms with Crippen LogP contribution in [-0.2, 0) is 6.42 Å². The molecule has 102 valence electrons. The summed E-state index contributed by atoms with van der Waals surface area (Å²) >= 11 is 3.37. The summed E-state index contributed by atoms with van der Waals surface area (Å²) in [7, 11) is 0. The molecule has 0 atom stereocenters. The maximum atomic E-state index is 5.84. The summed E-state index contributed by atoms with van der Waals surface area (Å²) in [5, 5.41) is 0. The van der Waals surface area contributed by atoms with Crippen molar-refractivity contribution in [2.75, 3.05) is 0 Å². The van der Waals surface area contributed by atoms with Crippen LogP contribution in [0.1, 0.15) is 18.9 Å². The number of ether oxygens (including phenoxy) is 1. The first-order valence-electron chi connectivity index (χ1n) is 6.52. The topological polar surface area (TPSA) is 39.4 Å². The lowest BCUT2D eigenvalue weighted by molar-refractivity contribution is 0.463. The number of hydrogen-bond acceptors (Lipinski definition) is 3. The summed E-state index contributed by atoms with van der Waals surface area (Å²) < 4.78 is 8.42. The van der Waals surface area contributed by atoms with Crippen LogP contribution in [0.3, 0.4) is 0 Å². The van der Waals surface area contributed by atoms with E-state index < -0.39 is 0 Å². The van der Waals surface area contributed by atoms with Crippen molar-refractivity contribution >= 4 is 21.6 Å². The van der Waals surface area contributed by atoms with E-state index >= 15 is 0 Å². The molecule has 3 aromatic rings. The largest absolute Gasteiger partial charge is 0.436 e. The quantitative estimate of drug-likeness (QED) is 0.717. The second-order valence-corrected chi connectivity index (χ2v) is 5.34. The number of hydrogen-bond donors (Lipinski definition) is 0. The molecule has 2 aromatic heterocycles. The average molecular weight is 332 g/mol. The van der Waals surface area contributed by atoms with Crippen molar-refractivity contribution in [3.8, 4) is 11.6 Å². The van der Waals surface area contributed by atoms with Gasteiger partial charge in [0.2, 0.25) is 5.65 Å². The highest BCUT2D eigenvalue weighted by molar-refractivity contribution is 9.10. The minimum absolute atomic E-state index is 0.493. The Kier molecular flexibility index (Phi) is 3.69. The van der Waals surface area contributed by atoms with Gasteiger partial charge >= 0.3 is 0 Å². The zero-order valence-corrected chi connectivity index (χ0v) is 12.7. The first kappa shape index (κ1) is 13.1. The number of imidazole rings is 1. The summed E-state index contributed by atoms with van der Waals surface area (Å²) in [6.45, 7) is 2.17. The van der Waals surface area contributed by atoms with E-state index in [4.69, 9.17) is 4.74 Å². The highest BCUT2D eigenvalue weighted by atomic mass is 79.9. The van der Waals surface area contributed by atoms with Crippen LogP contribution in [0, 0.1) is 0 Å². The van der Waals surface area contributed by atoms with Gasteiger partial charge in [-0.25, -0.2) is 9.97 Å². The van der Waals surface area contributed by atoms with Gasteiger partial charge in [-0.05, 0) is 40.0 Å². The Hall–Kier alpha value is -1.88. The highest BCUT2D eigenvalue weighted by Gasteiger charge is 2.08. The Morgan fingerprint density at radius 2 is 2.05 bits per heavy atom. The lowest BCUT2D eigenvalue weighted by atomic mass is 10.1. The molecule has 0 bridgehead atoms. The second-order valence-electron chi connectivity index (χ2n) is 4.52. The van der Waals surface area contributed by atoms with Gasteiger partial charge in [-0.3, -0.25) is 4.40 Å². The molecule has 0 saturated heterocycles. The van der Waals surface area contributed by atoms with Gasteiger partial charge in [-0.1, -0.05) is 25.5 Å². The molecule has 0 amide bonds. The fourth-order valence-electron chi connectivity index (χ4n) is 2.07. The van der Waals surface area contributed by atoms with Gasteiger partial charge in [-0.15, -0.1) is 0 Å². The predicted molar refractivity (Wildman–Crippen MR) is 81.2 cm³/mol. The molecule has 20 heavy (non-hydrogen) atoms. The van der Waals surface area contributed by atoms with Crippen LogP contribution in [0.5, 0.6) is 11.6 Å². The Bertz CT molecular complexity index is 722. The summed E-state index contributed by atoms with van der Waals surface area (Å²) in [4.78, 5) is 8.60. The molecule has 0 N–H and O–H groups in total. The highest BCUT2D eigenvalue weighted by Crippen LogP contribution is 2.25. The van der Waals surface area contributed by atoms with E-state index in [0.29, 0.717) is 16.1 Å². The third-order valence-corrected chi connectivity index (χ3v) is 3.37. The molecule has 5 heteroatoms. The van der Waals surface area contributed by atoms with Crippen molar-refractivity contribution < 1.29 is 4.74 Å². The van der Waals surface area contributed by atoms with Gasteiger partial charge in [0.15, 0.2) is 0 Å². The van der Waals surface area contributed by atoms with Crippen molar-refractivity contribution in [3.05, 3.63) is 53.0 Å². The normalized spacial score (nSPS) is 10.9. The van der Waals surface area contributed by atoms with E-state index in [0.717, 1.165) is 18.6 Å². The minimum atomic E-state index is 0.493. The standard InChI is InChI=1S/C15H14BrN3O/c1-2-3-11-4-6-12(7-5-11)20-15-14-17-8-9-19(14)10-13(16)18-15/h4-10H,2-3H2,1H3. The minimum Gasteiger partial charge on any atom is -0.436 e. The average Bonchev–Trinajstić information content (AvgIpc) is 2.89. The van der Waals surface area contributed by atoms with Gasteiger partial charge in [0, 0.05) is 18.6 Å². The van der Waals surface area contributed by atoms with Crippen LogP contribution in [0.4, 0.5) is 0 Å². The summed E-state index contributed by atoms with van der Waals surface area (Å²) in [6.07, 6.45) is 7.65. The van der Waals surface area contributed by atoms with E-state index in [1.807, 2.05) is 28.9 Å². The van der Waals surface area contributed by atoms with Gasteiger partial charge in [0.05, 0.1) is 0 Å². The van der Waals surface area contributed by atoms with Crippen molar-refractivity contribution in [1.82, 2.24) is 14.4 Å². The lowest BCUT2D eigenvalue weighted by Gasteiger charge is -2.07. The molecule has 2 heterocycles. The van der Waals surface area contributed by atoms with Crippen LogP contribution >= 0.6 is 15.9 Å². The first-order valence-corrected chi connectivity index (χ1v) is 7.31. The van der Waals surface area contributed by atoms with Gasteiger partial charge in [-0.2, -0.15) is 0 Å². The first-order chi connectivity index (χ1) is 9.76. The van der Waals surface area contributed by atoms with E-state index in [9.17, 15) is 0 Å². The van der Waals surface area contributed by atoms with Crippen molar-refractivity contribution in [2.24, 2.45) is 0 Å². The molecule has 0 unspecified atom stereocenters. The molecule has 0 aliphatic carbocycles. The van der Waals surface area contributed by atoms with E-state index in [-0.39, 0.29) is 0 Å². The molecular weight excluding hydrogens is 318 g/mol. The monoisotopic (exact) mass is 331 g/mol. The Labute approximate surface area is 125 Å².